The van der Waals surface area contributed by atoms with Crippen LogP contribution >= 0.6 is 48.0 Å². The number of methoxy groups -OCH3 is 1. The summed E-state index contributed by atoms with van der Waals surface area (Å²) in [6, 6.07) is 20.2. The molecule has 0 unspecified atom stereocenters. The van der Waals surface area contributed by atoms with E-state index in [-0.39, 0.29) is 24.8 Å². The van der Waals surface area contributed by atoms with E-state index in [1.165, 1.54) is 0 Å². The lowest BCUT2D eigenvalue weighted by Gasteiger charge is -2.20. The highest BCUT2D eigenvalue weighted by Crippen LogP contribution is 2.31. The number of ether oxygens (including phenoxy) is 1. The molecule has 32 heavy (non-hydrogen) atoms. The molecule has 1 aliphatic rings. The zero-order valence-corrected chi connectivity index (χ0v) is 20.9. The molecular formula is C25H24Cl4N2O. The van der Waals surface area contributed by atoms with Crippen LogP contribution in [0.4, 0.5) is 5.69 Å². The van der Waals surface area contributed by atoms with Crippen LogP contribution in [0.3, 0.4) is 0 Å². The second-order valence-electron chi connectivity index (χ2n) is 7.16. The number of likely N-dealkylation sites (N-methyl/N-ethyl adjacent to an activating group) is 1. The lowest BCUT2D eigenvalue weighted by Crippen LogP contribution is -2.20. The van der Waals surface area contributed by atoms with Crippen molar-refractivity contribution < 1.29 is 4.74 Å². The van der Waals surface area contributed by atoms with Crippen LogP contribution in [0.25, 0.3) is 17.2 Å². The number of fused-ring (bicyclic) bond motifs is 1. The Labute approximate surface area is 211 Å². The van der Waals surface area contributed by atoms with E-state index in [0.29, 0.717) is 10.0 Å². The Kier molecular flexibility index (Phi) is 9.47. The van der Waals surface area contributed by atoms with E-state index in [2.05, 4.69) is 42.3 Å². The van der Waals surface area contributed by atoms with E-state index >= 15 is 0 Å². The van der Waals surface area contributed by atoms with E-state index < -0.39 is 0 Å². The van der Waals surface area contributed by atoms with Crippen LogP contribution in [0, 0.1) is 0 Å². The lowest BCUT2D eigenvalue weighted by atomic mass is 9.99. The largest absolute Gasteiger partial charge is 0.497 e. The molecule has 168 valence electrons. The van der Waals surface area contributed by atoms with E-state index in [9.17, 15) is 0 Å². The molecule has 7 heteroatoms. The molecule has 3 aromatic rings. The quantitative estimate of drug-likeness (QED) is 0.364. The number of hydrogen-bond acceptors (Lipinski definition) is 3. The average Bonchev–Trinajstić information content (AvgIpc) is 2.93. The first-order valence-electron chi connectivity index (χ1n) is 9.73. The Bertz CT molecular complexity index is 1140. The smallest absolute Gasteiger partial charge is 0.119 e. The topological polar surface area (TPSA) is 24.8 Å². The normalized spacial score (nSPS) is 12.9. The number of allylic oxidation sites excluding steroid dienone is 1. The van der Waals surface area contributed by atoms with Crippen molar-refractivity contribution in [3.05, 3.63) is 87.9 Å². The van der Waals surface area contributed by atoms with Gasteiger partial charge in [-0.05, 0) is 53.1 Å². The summed E-state index contributed by atoms with van der Waals surface area (Å²) in [7, 11) is 3.79. The molecule has 0 amide bonds. The molecule has 1 heterocycles. The van der Waals surface area contributed by atoms with Crippen LogP contribution in [0.1, 0.15) is 11.1 Å². The third-order valence-electron chi connectivity index (χ3n) is 5.18. The summed E-state index contributed by atoms with van der Waals surface area (Å²) in [6.07, 6.45) is 4.06. The molecule has 0 radical (unpaired) electrons. The molecule has 4 rings (SSSR count). The van der Waals surface area contributed by atoms with E-state index in [0.717, 1.165) is 52.5 Å². The highest BCUT2D eigenvalue weighted by atomic mass is 35.5. The Morgan fingerprint density at radius 1 is 0.906 bits per heavy atom. The lowest BCUT2D eigenvalue weighted by molar-refractivity contribution is 0.415. The molecular weight excluding hydrogens is 486 g/mol. The standard InChI is InChI=1S/C25H22Cl2N2O.2ClH/c1-29-13-12-28-24(11-7-17-6-10-22(26)23(27)14-17)21-9-8-19(16-25(21)29)18-4-3-5-20(15-18)30-2;;/h3-11,14-16H,12-13H2,1-2H3;2*1H/b11-7+;;. The summed E-state index contributed by atoms with van der Waals surface area (Å²) in [5, 5.41) is 1.10. The molecule has 3 aromatic carbocycles. The van der Waals surface area contributed by atoms with Crippen LogP contribution in [0.2, 0.25) is 10.0 Å². The Morgan fingerprint density at radius 3 is 2.44 bits per heavy atom. The third kappa shape index (κ3) is 5.79. The fourth-order valence-corrected chi connectivity index (χ4v) is 3.81. The van der Waals surface area contributed by atoms with E-state index in [1.54, 1.807) is 13.2 Å². The van der Waals surface area contributed by atoms with Gasteiger partial charge in [-0.2, -0.15) is 0 Å². The van der Waals surface area contributed by atoms with Crippen LogP contribution in [-0.2, 0) is 0 Å². The van der Waals surface area contributed by atoms with Crippen molar-refractivity contribution in [3.8, 4) is 16.9 Å². The maximum Gasteiger partial charge on any atom is 0.119 e. The number of halogens is 4. The number of benzodiazepines with no additional fused rings is 1. The molecule has 0 fully saturated rings. The highest BCUT2D eigenvalue weighted by Gasteiger charge is 2.16. The molecule has 0 aliphatic carbocycles. The summed E-state index contributed by atoms with van der Waals surface area (Å²) < 4.78 is 5.38. The summed E-state index contributed by atoms with van der Waals surface area (Å²) in [5.74, 6) is 0.850. The van der Waals surface area contributed by atoms with Crippen molar-refractivity contribution in [1.29, 1.82) is 0 Å². The second kappa shape index (κ2) is 11.6. The fraction of sp³-hybridized carbons (Fsp3) is 0.160. The first-order chi connectivity index (χ1) is 14.5. The third-order valence-corrected chi connectivity index (χ3v) is 5.92. The molecule has 0 atom stereocenters. The van der Waals surface area contributed by atoms with Crippen molar-refractivity contribution in [2.24, 2.45) is 4.99 Å². The van der Waals surface area contributed by atoms with Crippen molar-refractivity contribution in [1.82, 2.24) is 0 Å². The number of aliphatic imine (C=N–C) groups is 1. The van der Waals surface area contributed by atoms with Gasteiger partial charge < -0.3 is 9.64 Å². The summed E-state index contributed by atoms with van der Waals surface area (Å²) >= 11 is 12.2. The molecule has 1 aliphatic heterocycles. The summed E-state index contributed by atoms with van der Waals surface area (Å²) in [6.45, 7) is 1.60. The fourth-order valence-electron chi connectivity index (χ4n) is 3.51. The number of anilines is 1. The first-order valence-corrected chi connectivity index (χ1v) is 10.5. The van der Waals surface area contributed by atoms with Gasteiger partial charge in [0, 0.05) is 24.8 Å². The first kappa shape index (κ1) is 26.1. The van der Waals surface area contributed by atoms with Gasteiger partial charge in [0.25, 0.3) is 0 Å². The molecule has 0 saturated heterocycles. The number of benzene rings is 3. The van der Waals surface area contributed by atoms with E-state index in [4.69, 9.17) is 32.9 Å². The van der Waals surface area contributed by atoms with Gasteiger partial charge in [0.1, 0.15) is 5.75 Å². The van der Waals surface area contributed by atoms with Gasteiger partial charge in [0.2, 0.25) is 0 Å². The molecule has 3 nitrogen and oxygen atoms in total. The average molecular weight is 510 g/mol. The number of rotatable bonds is 4. The minimum atomic E-state index is 0. The van der Waals surface area contributed by atoms with Crippen molar-refractivity contribution in [2.45, 2.75) is 0 Å². The minimum Gasteiger partial charge on any atom is -0.497 e. The predicted octanol–water partition coefficient (Wildman–Crippen LogP) is 7.46. The Morgan fingerprint density at radius 2 is 1.69 bits per heavy atom. The van der Waals surface area contributed by atoms with Gasteiger partial charge in [0.05, 0.1) is 29.4 Å². The van der Waals surface area contributed by atoms with Crippen molar-refractivity contribution >= 4 is 65.5 Å². The zero-order chi connectivity index (χ0) is 21.1. The van der Waals surface area contributed by atoms with E-state index in [1.807, 2.05) is 36.4 Å². The van der Waals surface area contributed by atoms with Gasteiger partial charge >= 0.3 is 0 Å². The van der Waals surface area contributed by atoms with Crippen LogP contribution in [0.15, 0.2) is 71.7 Å². The minimum absolute atomic E-state index is 0. The van der Waals surface area contributed by atoms with Gasteiger partial charge in [-0.15, -0.1) is 24.8 Å². The Balaban J connectivity index is 0.00000181. The molecule has 0 saturated carbocycles. The van der Waals surface area contributed by atoms with Gasteiger partial charge in [0.15, 0.2) is 0 Å². The van der Waals surface area contributed by atoms with Crippen LogP contribution in [-0.4, -0.2) is 33.0 Å². The van der Waals surface area contributed by atoms with Gasteiger partial charge in [-0.3, -0.25) is 4.99 Å². The van der Waals surface area contributed by atoms with Crippen LogP contribution in [0.5, 0.6) is 5.75 Å². The molecule has 0 spiro atoms. The van der Waals surface area contributed by atoms with Crippen LogP contribution < -0.4 is 9.64 Å². The maximum absolute atomic E-state index is 6.15. The number of nitrogens with zero attached hydrogens (tertiary/aromatic N) is 2. The zero-order valence-electron chi connectivity index (χ0n) is 17.7. The summed E-state index contributed by atoms with van der Waals surface area (Å²) in [4.78, 5) is 7.06. The molecule has 0 aromatic heterocycles. The SMILES string of the molecule is COc1cccc(-c2ccc3c(c2)N(C)CCN=C3/C=C/c2ccc(Cl)c(Cl)c2)c1.Cl.Cl. The van der Waals surface area contributed by atoms with Gasteiger partial charge in [-0.1, -0.05) is 59.6 Å². The molecule has 0 bridgehead atoms. The van der Waals surface area contributed by atoms with Crippen molar-refractivity contribution in [3.63, 3.8) is 0 Å². The predicted molar refractivity (Wildman–Crippen MR) is 143 cm³/mol. The molecule has 0 N–H and O–H groups in total. The highest BCUT2D eigenvalue weighted by molar-refractivity contribution is 6.42. The maximum atomic E-state index is 6.15. The summed E-state index contributed by atoms with van der Waals surface area (Å²) in [5.41, 5.74) is 6.48. The van der Waals surface area contributed by atoms with Crippen molar-refractivity contribution in [2.75, 3.05) is 32.1 Å². The number of hydrogen-bond donors (Lipinski definition) is 0. The second-order valence-corrected chi connectivity index (χ2v) is 7.97. The Hall–Kier alpha value is -2.17. The monoisotopic (exact) mass is 508 g/mol. The van der Waals surface area contributed by atoms with Gasteiger partial charge in [-0.25, -0.2) is 0 Å².